The molecule has 7 heteroatoms. The van der Waals surface area contributed by atoms with Gasteiger partial charge in [-0.05, 0) is 55.7 Å². The van der Waals surface area contributed by atoms with Gasteiger partial charge in [0.1, 0.15) is 5.75 Å². The summed E-state index contributed by atoms with van der Waals surface area (Å²) in [5.74, 6) is 3.27. The Morgan fingerprint density at radius 3 is 2.46 bits per heavy atom. The van der Waals surface area contributed by atoms with E-state index >= 15 is 0 Å². The fourth-order valence-corrected chi connectivity index (χ4v) is 2.79. The van der Waals surface area contributed by atoms with Gasteiger partial charge >= 0.3 is 0 Å². The summed E-state index contributed by atoms with van der Waals surface area (Å²) >= 11 is 0. The van der Waals surface area contributed by atoms with Gasteiger partial charge in [-0.2, -0.15) is 0 Å². The molecule has 3 rings (SSSR count). The minimum Gasteiger partial charge on any atom is -0.491 e. The Kier molecular flexibility index (Phi) is 8.69. The van der Waals surface area contributed by atoms with Gasteiger partial charge in [0.2, 0.25) is 6.79 Å². The topological polar surface area (TPSA) is 64.1 Å². The first-order valence-corrected chi connectivity index (χ1v) is 9.22. The molecule has 1 aliphatic heterocycles. The lowest BCUT2D eigenvalue weighted by atomic mass is 10.1. The molecule has 0 atom stereocenters. The maximum Gasteiger partial charge on any atom is 0.231 e. The second-order valence-electron chi connectivity index (χ2n) is 6.60. The number of hydrogen-bond donors (Lipinski definition) is 2. The number of aliphatic imine (C=N–C) groups is 1. The zero-order chi connectivity index (χ0) is 19.1. The molecule has 0 spiro atoms. The van der Waals surface area contributed by atoms with E-state index in [1.807, 2.05) is 44.2 Å². The summed E-state index contributed by atoms with van der Waals surface area (Å²) < 4.78 is 16.4. The summed E-state index contributed by atoms with van der Waals surface area (Å²) in [6, 6.07) is 14.2. The van der Waals surface area contributed by atoms with Crippen LogP contribution >= 0.6 is 24.0 Å². The second kappa shape index (κ2) is 11.0. The van der Waals surface area contributed by atoms with Gasteiger partial charge in [0, 0.05) is 20.1 Å². The summed E-state index contributed by atoms with van der Waals surface area (Å²) in [6.45, 7) is 5.81. The third kappa shape index (κ3) is 6.47. The van der Waals surface area contributed by atoms with E-state index in [1.54, 1.807) is 7.05 Å². The van der Waals surface area contributed by atoms with E-state index in [9.17, 15) is 0 Å². The van der Waals surface area contributed by atoms with Crippen LogP contribution in [0.4, 0.5) is 0 Å². The van der Waals surface area contributed by atoms with Crippen LogP contribution in [0.1, 0.15) is 25.0 Å². The number of halogens is 1. The summed E-state index contributed by atoms with van der Waals surface area (Å²) in [7, 11) is 1.77. The Morgan fingerprint density at radius 1 is 1.04 bits per heavy atom. The molecule has 2 aromatic rings. The standard InChI is InChI=1S/C21H27N3O3.HI/c1-15(2)27-18-7-4-16(5-8-18)10-11-23-21(22-3)24-13-17-6-9-19-20(12-17)26-14-25-19;/h4-9,12,15H,10-11,13-14H2,1-3H3,(H2,22,23,24);1H. The quantitative estimate of drug-likeness (QED) is 0.347. The van der Waals surface area contributed by atoms with Crippen molar-refractivity contribution in [1.82, 2.24) is 10.6 Å². The van der Waals surface area contributed by atoms with E-state index in [-0.39, 0.29) is 30.1 Å². The second-order valence-corrected chi connectivity index (χ2v) is 6.60. The highest BCUT2D eigenvalue weighted by Gasteiger charge is 2.13. The molecule has 0 radical (unpaired) electrons. The molecule has 2 aromatic carbocycles. The molecule has 0 saturated heterocycles. The molecular formula is C21H28IN3O3. The van der Waals surface area contributed by atoms with Crippen molar-refractivity contribution >= 4 is 29.9 Å². The molecule has 0 saturated carbocycles. The molecule has 28 heavy (non-hydrogen) atoms. The van der Waals surface area contributed by atoms with Crippen LogP contribution in [-0.4, -0.2) is 32.4 Å². The molecule has 1 heterocycles. The lowest BCUT2D eigenvalue weighted by Crippen LogP contribution is -2.37. The van der Waals surface area contributed by atoms with Crippen LogP contribution in [0, 0.1) is 0 Å². The maximum absolute atomic E-state index is 5.67. The monoisotopic (exact) mass is 497 g/mol. The largest absolute Gasteiger partial charge is 0.491 e. The van der Waals surface area contributed by atoms with Crippen molar-refractivity contribution in [2.75, 3.05) is 20.4 Å². The van der Waals surface area contributed by atoms with E-state index in [1.165, 1.54) is 5.56 Å². The third-order valence-corrected chi connectivity index (χ3v) is 4.12. The van der Waals surface area contributed by atoms with Gasteiger partial charge in [0.05, 0.1) is 6.10 Å². The highest BCUT2D eigenvalue weighted by atomic mass is 127. The SMILES string of the molecule is CN=C(NCCc1ccc(OC(C)C)cc1)NCc1ccc2c(c1)OCO2.I. The van der Waals surface area contributed by atoms with Gasteiger partial charge in [-0.25, -0.2) is 0 Å². The van der Waals surface area contributed by atoms with Crippen LogP contribution in [0.15, 0.2) is 47.5 Å². The van der Waals surface area contributed by atoms with Gasteiger partial charge < -0.3 is 24.8 Å². The molecule has 0 aliphatic carbocycles. The van der Waals surface area contributed by atoms with Crippen molar-refractivity contribution in [1.29, 1.82) is 0 Å². The number of ether oxygens (including phenoxy) is 3. The average molecular weight is 497 g/mol. The maximum atomic E-state index is 5.67. The number of guanidine groups is 1. The summed E-state index contributed by atoms with van der Waals surface area (Å²) in [5, 5.41) is 6.66. The molecular weight excluding hydrogens is 469 g/mol. The van der Waals surface area contributed by atoms with Crippen molar-refractivity contribution < 1.29 is 14.2 Å². The Morgan fingerprint density at radius 2 is 1.75 bits per heavy atom. The van der Waals surface area contributed by atoms with E-state index in [0.29, 0.717) is 13.3 Å². The van der Waals surface area contributed by atoms with Gasteiger partial charge in [0.15, 0.2) is 17.5 Å². The first kappa shape index (κ1) is 22.1. The first-order chi connectivity index (χ1) is 13.1. The number of nitrogens with zero attached hydrogens (tertiary/aromatic N) is 1. The van der Waals surface area contributed by atoms with Crippen molar-refractivity contribution in [2.24, 2.45) is 4.99 Å². The lowest BCUT2D eigenvalue weighted by Gasteiger charge is -2.13. The molecule has 152 valence electrons. The highest BCUT2D eigenvalue weighted by Crippen LogP contribution is 2.32. The predicted molar refractivity (Wildman–Crippen MR) is 122 cm³/mol. The summed E-state index contributed by atoms with van der Waals surface area (Å²) in [4.78, 5) is 4.27. The van der Waals surface area contributed by atoms with Crippen molar-refractivity contribution in [3.05, 3.63) is 53.6 Å². The van der Waals surface area contributed by atoms with Gasteiger partial charge in [-0.1, -0.05) is 18.2 Å². The number of rotatable bonds is 7. The fraction of sp³-hybridized carbons (Fsp3) is 0.381. The van der Waals surface area contributed by atoms with Crippen LogP contribution in [0.3, 0.4) is 0 Å². The normalized spacial score (nSPS) is 12.5. The zero-order valence-corrected chi connectivity index (χ0v) is 18.9. The van der Waals surface area contributed by atoms with Crippen LogP contribution in [0.5, 0.6) is 17.2 Å². The van der Waals surface area contributed by atoms with Crippen LogP contribution < -0.4 is 24.8 Å². The highest BCUT2D eigenvalue weighted by molar-refractivity contribution is 14.0. The molecule has 1 aliphatic rings. The Hall–Kier alpha value is -2.16. The molecule has 2 N–H and O–H groups in total. The number of fused-ring (bicyclic) bond motifs is 1. The van der Waals surface area contributed by atoms with E-state index in [2.05, 4.69) is 27.8 Å². The number of benzene rings is 2. The first-order valence-electron chi connectivity index (χ1n) is 9.22. The minimum absolute atomic E-state index is 0. The van der Waals surface area contributed by atoms with Gasteiger partial charge in [-0.3, -0.25) is 4.99 Å². The summed E-state index contributed by atoms with van der Waals surface area (Å²) in [5.41, 5.74) is 2.37. The Labute approximate surface area is 183 Å². The van der Waals surface area contributed by atoms with Crippen LogP contribution in [0.2, 0.25) is 0 Å². The predicted octanol–water partition coefficient (Wildman–Crippen LogP) is 3.73. The van der Waals surface area contributed by atoms with Crippen LogP contribution in [0.25, 0.3) is 0 Å². The van der Waals surface area contributed by atoms with Gasteiger partial charge in [-0.15, -0.1) is 24.0 Å². The van der Waals surface area contributed by atoms with Crippen LogP contribution in [-0.2, 0) is 13.0 Å². The minimum atomic E-state index is 0. The molecule has 0 fully saturated rings. The fourth-order valence-electron chi connectivity index (χ4n) is 2.79. The lowest BCUT2D eigenvalue weighted by molar-refractivity contribution is 0.174. The number of hydrogen-bond acceptors (Lipinski definition) is 4. The third-order valence-electron chi connectivity index (χ3n) is 4.12. The summed E-state index contributed by atoms with van der Waals surface area (Å²) in [6.07, 6.45) is 1.10. The van der Waals surface area contributed by atoms with Crippen molar-refractivity contribution in [2.45, 2.75) is 32.9 Å². The van der Waals surface area contributed by atoms with Crippen molar-refractivity contribution in [3.8, 4) is 17.2 Å². The van der Waals surface area contributed by atoms with Gasteiger partial charge in [0.25, 0.3) is 0 Å². The zero-order valence-electron chi connectivity index (χ0n) is 16.5. The molecule has 0 amide bonds. The number of nitrogens with one attached hydrogen (secondary N) is 2. The molecule has 6 nitrogen and oxygen atoms in total. The molecule has 0 aromatic heterocycles. The van der Waals surface area contributed by atoms with E-state index < -0.39 is 0 Å². The molecule has 0 bridgehead atoms. The average Bonchev–Trinajstić information content (AvgIpc) is 3.13. The molecule has 0 unspecified atom stereocenters. The van der Waals surface area contributed by atoms with E-state index in [0.717, 1.165) is 41.7 Å². The van der Waals surface area contributed by atoms with Crippen molar-refractivity contribution in [3.63, 3.8) is 0 Å². The Balaban J connectivity index is 0.00000280. The Bertz CT molecular complexity index is 779. The van der Waals surface area contributed by atoms with E-state index in [4.69, 9.17) is 14.2 Å². The smallest absolute Gasteiger partial charge is 0.231 e.